The van der Waals surface area contributed by atoms with Gasteiger partial charge in [-0.2, -0.15) is 0 Å². The predicted molar refractivity (Wildman–Crippen MR) is 187 cm³/mol. The molecule has 0 unspecified atom stereocenters. The Morgan fingerprint density at radius 2 is 1.82 bits per heavy atom. The van der Waals surface area contributed by atoms with Crippen molar-refractivity contribution in [1.82, 2.24) is 30.5 Å². The van der Waals surface area contributed by atoms with Crippen molar-refractivity contribution in [2.75, 3.05) is 6.54 Å². The summed E-state index contributed by atoms with van der Waals surface area (Å²) >= 11 is 0. The number of amides is 6. The van der Waals surface area contributed by atoms with Crippen LogP contribution in [0.1, 0.15) is 89.3 Å². The molecule has 1 saturated heterocycles. The Kier molecular flexibility index (Phi) is 9.90. The molecule has 6 amide bonds. The van der Waals surface area contributed by atoms with E-state index >= 15 is 0 Å². The summed E-state index contributed by atoms with van der Waals surface area (Å²) in [5.74, 6) is -2.99. The SMILES string of the molecule is C=C[C@@H]1C[C@@]1(NC(=O)[C@@H]1C[C@@H]2CN1C(=O)[C@H](C(C)C)NC(=O)NC(C)(C)CCCCc1cccc3c1CN(C3)C(=O)O2)C(=O)NS(=O)(=O)C1CC1. The van der Waals surface area contributed by atoms with E-state index in [0.717, 1.165) is 30.4 Å². The van der Waals surface area contributed by atoms with Gasteiger partial charge in [-0.25, -0.2) is 18.0 Å². The van der Waals surface area contributed by atoms with Crippen molar-refractivity contribution >= 4 is 39.9 Å². The minimum absolute atomic E-state index is 0.0593. The molecule has 3 aliphatic heterocycles. The van der Waals surface area contributed by atoms with Gasteiger partial charge in [-0.3, -0.25) is 24.0 Å². The van der Waals surface area contributed by atoms with Crippen LogP contribution in [0, 0.1) is 11.8 Å². The van der Waals surface area contributed by atoms with Crippen LogP contribution in [0.4, 0.5) is 9.59 Å². The summed E-state index contributed by atoms with van der Waals surface area (Å²) in [6.45, 7) is 11.8. The average Bonchev–Trinajstić information content (AvgIpc) is 3.95. The van der Waals surface area contributed by atoms with Gasteiger partial charge in [-0.05, 0) is 75.0 Å². The Morgan fingerprint density at radius 3 is 2.49 bits per heavy atom. The van der Waals surface area contributed by atoms with Gasteiger partial charge in [0.25, 0.3) is 5.91 Å². The van der Waals surface area contributed by atoms with Crippen LogP contribution < -0.4 is 20.7 Å². The number of fused-ring (bicyclic) bond motifs is 3. The zero-order valence-corrected chi connectivity index (χ0v) is 30.6. The second-order valence-electron chi connectivity index (χ2n) is 15.8. The number of hydrogen-bond donors (Lipinski definition) is 4. The first-order valence-electron chi connectivity index (χ1n) is 18.0. The number of nitrogens with zero attached hydrogens (tertiary/aromatic N) is 2. The Bertz CT molecular complexity index is 1730. The number of hydrogen-bond acceptors (Lipinski definition) is 8. The average molecular weight is 727 g/mol. The predicted octanol–water partition coefficient (Wildman–Crippen LogP) is 2.61. The molecule has 0 radical (unpaired) electrons. The first-order valence-corrected chi connectivity index (χ1v) is 19.5. The van der Waals surface area contributed by atoms with E-state index in [-0.39, 0.29) is 25.3 Å². The third-order valence-corrected chi connectivity index (χ3v) is 12.7. The second kappa shape index (κ2) is 13.8. The molecule has 1 aromatic rings. The molecule has 4 N–H and O–H groups in total. The molecular weight excluding hydrogens is 676 g/mol. The van der Waals surface area contributed by atoms with Gasteiger partial charge < -0.3 is 25.6 Å². The molecule has 14 nitrogen and oxygen atoms in total. The summed E-state index contributed by atoms with van der Waals surface area (Å²) in [6, 6.07) is 3.34. The van der Waals surface area contributed by atoms with Crippen molar-refractivity contribution in [3.05, 3.63) is 47.5 Å². The maximum atomic E-state index is 14.3. The van der Waals surface area contributed by atoms with Crippen LogP contribution in [-0.2, 0) is 48.7 Å². The molecule has 6 rings (SSSR count). The molecule has 3 heterocycles. The molecule has 278 valence electrons. The van der Waals surface area contributed by atoms with Gasteiger partial charge in [0.15, 0.2) is 0 Å². The van der Waals surface area contributed by atoms with E-state index < -0.39 is 80.3 Å². The topological polar surface area (TPSA) is 183 Å². The summed E-state index contributed by atoms with van der Waals surface area (Å²) in [5, 5.41) is 7.94. The van der Waals surface area contributed by atoms with Gasteiger partial charge in [-0.15, -0.1) is 6.58 Å². The fourth-order valence-corrected chi connectivity index (χ4v) is 8.95. The highest BCUT2D eigenvalue weighted by atomic mass is 32.2. The molecule has 1 aromatic carbocycles. The normalized spacial score (nSPS) is 29.5. The highest BCUT2D eigenvalue weighted by molar-refractivity contribution is 7.91. The van der Waals surface area contributed by atoms with E-state index in [9.17, 15) is 32.4 Å². The Hall–Kier alpha value is -4.14. The number of sulfonamides is 1. The van der Waals surface area contributed by atoms with Crippen molar-refractivity contribution in [2.45, 2.75) is 127 Å². The van der Waals surface area contributed by atoms with Gasteiger partial charge in [0.05, 0.1) is 11.8 Å². The van der Waals surface area contributed by atoms with Gasteiger partial charge >= 0.3 is 12.1 Å². The molecule has 2 aliphatic carbocycles. The number of carbonyl (C=O) groups excluding carboxylic acids is 5. The maximum absolute atomic E-state index is 14.3. The zero-order chi connectivity index (χ0) is 36.9. The summed E-state index contributed by atoms with van der Waals surface area (Å²) in [7, 11) is -3.90. The fraction of sp³-hybridized carbons (Fsp3) is 0.639. The minimum Gasteiger partial charge on any atom is -0.444 e. The van der Waals surface area contributed by atoms with E-state index in [1.807, 2.05) is 26.0 Å². The molecule has 2 saturated carbocycles. The van der Waals surface area contributed by atoms with Gasteiger partial charge in [0.1, 0.15) is 23.7 Å². The van der Waals surface area contributed by atoms with Crippen LogP contribution in [0.25, 0.3) is 0 Å². The molecule has 0 aromatic heterocycles. The van der Waals surface area contributed by atoms with Crippen molar-refractivity contribution in [3.63, 3.8) is 0 Å². The number of nitrogens with one attached hydrogen (secondary N) is 4. The van der Waals surface area contributed by atoms with Crippen LogP contribution >= 0.6 is 0 Å². The molecule has 5 aliphatic rings. The van der Waals surface area contributed by atoms with Crippen LogP contribution in [0.5, 0.6) is 0 Å². The third-order valence-electron chi connectivity index (χ3n) is 10.9. The highest BCUT2D eigenvalue weighted by Crippen LogP contribution is 2.45. The lowest BCUT2D eigenvalue weighted by atomic mass is 9.94. The van der Waals surface area contributed by atoms with Gasteiger partial charge in [0.2, 0.25) is 21.8 Å². The summed E-state index contributed by atoms with van der Waals surface area (Å²) in [4.78, 5) is 71.7. The summed E-state index contributed by atoms with van der Waals surface area (Å²) in [6.07, 6.45) is 4.32. The maximum Gasteiger partial charge on any atom is 0.410 e. The fourth-order valence-electron chi connectivity index (χ4n) is 7.59. The largest absolute Gasteiger partial charge is 0.444 e. The van der Waals surface area contributed by atoms with Crippen molar-refractivity contribution in [1.29, 1.82) is 0 Å². The lowest BCUT2D eigenvalue weighted by Gasteiger charge is -2.32. The molecule has 3 fully saturated rings. The number of rotatable bonds is 7. The Morgan fingerprint density at radius 1 is 1.10 bits per heavy atom. The van der Waals surface area contributed by atoms with Gasteiger partial charge in [-0.1, -0.05) is 44.5 Å². The number of carbonyl (C=O) groups is 5. The smallest absolute Gasteiger partial charge is 0.410 e. The van der Waals surface area contributed by atoms with E-state index in [0.29, 0.717) is 32.4 Å². The monoisotopic (exact) mass is 726 g/mol. The van der Waals surface area contributed by atoms with E-state index in [4.69, 9.17) is 4.74 Å². The second-order valence-corrected chi connectivity index (χ2v) is 17.7. The first kappa shape index (κ1) is 36.6. The van der Waals surface area contributed by atoms with Crippen molar-refractivity contribution < 1.29 is 37.1 Å². The third kappa shape index (κ3) is 7.73. The number of ether oxygens (including phenoxy) is 1. The quantitative estimate of drug-likeness (QED) is 0.309. The van der Waals surface area contributed by atoms with Crippen LogP contribution in [0.2, 0.25) is 0 Å². The first-order chi connectivity index (χ1) is 24.0. The lowest BCUT2D eigenvalue weighted by molar-refractivity contribution is -0.141. The van der Waals surface area contributed by atoms with Crippen molar-refractivity contribution in [2.24, 2.45) is 11.8 Å². The highest BCUT2D eigenvalue weighted by Gasteiger charge is 2.62. The van der Waals surface area contributed by atoms with Crippen LogP contribution in [-0.4, -0.2) is 89.1 Å². The van der Waals surface area contributed by atoms with Crippen LogP contribution in [0.3, 0.4) is 0 Å². The standard InChI is InChI=1S/C36H50N6O8S/c1-6-24-17-36(24,32(45)40-51(48,49)26-13-14-26)38-30(43)28-16-25-19-42(28)31(44)29(21(2)3)37-33(46)39-35(4,5)15-8-7-10-22-11-9-12-23-18-41(20-27(22)23)34(47)50-25/h6,9,11-12,21,24-26,28-29H,1,7-8,10,13-20H2,2-5H3,(H,38,43)(H,40,45)(H2,37,39,46)/t24-,25-,28+,29+,36+/m1/s1. The lowest BCUT2D eigenvalue weighted by Crippen LogP contribution is -2.60. The van der Waals surface area contributed by atoms with Crippen molar-refractivity contribution in [3.8, 4) is 0 Å². The van der Waals surface area contributed by atoms with Crippen LogP contribution in [0.15, 0.2) is 30.9 Å². The minimum atomic E-state index is -3.90. The molecular formula is C36H50N6O8S. The zero-order valence-electron chi connectivity index (χ0n) is 29.8. The summed E-state index contributed by atoms with van der Waals surface area (Å²) in [5.41, 5.74) is 1.18. The molecule has 5 atom stereocenters. The van der Waals surface area contributed by atoms with E-state index in [1.165, 1.54) is 16.5 Å². The summed E-state index contributed by atoms with van der Waals surface area (Å²) < 4.78 is 33.4. The number of aryl methyl sites for hydroxylation is 1. The van der Waals surface area contributed by atoms with E-state index in [2.05, 4.69) is 33.3 Å². The molecule has 51 heavy (non-hydrogen) atoms. The number of urea groups is 1. The molecule has 4 bridgehead atoms. The van der Waals surface area contributed by atoms with E-state index in [1.54, 1.807) is 18.7 Å². The molecule has 15 heteroatoms. The van der Waals surface area contributed by atoms with Gasteiger partial charge in [0, 0.05) is 31.0 Å². The molecule has 0 spiro atoms. The Balaban J connectivity index is 1.27. The Labute approximate surface area is 299 Å². The number of benzene rings is 1.